The summed E-state index contributed by atoms with van der Waals surface area (Å²) in [5.74, 6) is 0.169. The molecule has 0 aliphatic heterocycles. The van der Waals surface area contributed by atoms with Gasteiger partial charge < -0.3 is 10.2 Å². The van der Waals surface area contributed by atoms with Gasteiger partial charge in [0.15, 0.2) is 11.5 Å². The lowest BCUT2D eigenvalue weighted by Gasteiger charge is -2.12. The van der Waals surface area contributed by atoms with Crippen LogP contribution >= 0.6 is 0 Å². The predicted molar refractivity (Wildman–Crippen MR) is 113 cm³/mol. The molecule has 2 heteroatoms. The number of phenolic OH excluding ortho intramolecular Hbond substituents is 2. The molecule has 0 bridgehead atoms. The van der Waals surface area contributed by atoms with Crippen LogP contribution in [-0.4, -0.2) is 10.2 Å². The minimum absolute atomic E-state index is 0.0651. The number of hydrogen-bond acceptors (Lipinski definition) is 2. The predicted octanol–water partition coefficient (Wildman–Crippen LogP) is 7.29. The van der Waals surface area contributed by atoms with Crippen LogP contribution in [0.25, 0.3) is 0 Å². The normalized spacial score (nSPS) is 19.2. The van der Waals surface area contributed by atoms with Gasteiger partial charge in [-0.3, -0.25) is 0 Å². The summed E-state index contributed by atoms with van der Waals surface area (Å²) in [5.41, 5.74) is 3.47. The summed E-state index contributed by atoms with van der Waals surface area (Å²) in [6.45, 7) is 4.73. The van der Waals surface area contributed by atoms with Gasteiger partial charge in [0, 0.05) is 0 Å². The van der Waals surface area contributed by atoms with E-state index in [2.05, 4.69) is 19.9 Å². The van der Waals surface area contributed by atoms with E-state index < -0.39 is 0 Å². The van der Waals surface area contributed by atoms with Crippen LogP contribution in [0.5, 0.6) is 11.5 Å². The zero-order chi connectivity index (χ0) is 19.3. The summed E-state index contributed by atoms with van der Waals surface area (Å²) in [7, 11) is 0. The SMILES string of the molecule is CCC1(CCCCCCc2cc(CCCCC3(C)CC3)cc(O)c2O)CC1. The van der Waals surface area contributed by atoms with Crippen molar-refractivity contribution >= 4 is 0 Å². The van der Waals surface area contributed by atoms with Crippen LogP contribution < -0.4 is 0 Å². The Kier molecular flexibility index (Phi) is 6.76. The summed E-state index contributed by atoms with van der Waals surface area (Å²) in [5, 5.41) is 20.3. The molecule has 0 radical (unpaired) electrons. The van der Waals surface area contributed by atoms with Gasteiger partial charge in [0.1, 0.15) is 0 Å². The average molecular weight is 373 g/mol. The summed E-state index contributed by atoms with van der Waals surface area (Å²) in [6, 6.07) is 3.89. The molecule has 0 unspecified atom stereocenters. The van der Waals surface area contributed by atoms with Crippen molar-refractivity contribution in [2.45, 2.75) is 110 Å². The van der Waals surface area contributed by atoms with E-state index in [1.165, 1.54) is 82.6 Å². The van der Waals surface area contributed by atoms with Crippen molar-refractivity contribution in [1.82, 2.24) is 0 Å². The van der Waals surface area contributed by atoms with Gasteiger partial charge in [-0.15, -0.1) is 0 Å². The lowest BCUT2D eigenvalue weighted by Crippen LogP contribution is -1.97. The molecule has 0 atom stereocenters. The Bertz CT molecular complexity index is 611. The van der Waals surface area contributed by atoms with E-state index in [1.54, 1.807) is 6.07 Å². The van der Waals surface area contributed by atoms with Crippen LogP contribution in [0, 0.1) is 10.8 Å². The molecule has 0 amide bonds. The number of hydrogen-bond donors (Lipinski definition) is 2. The van der Waals surface area contributed by atoms with Crippen LogP contribution in [-0.2, 0) is 12.8 Å². The van der Waals surface area contributed by atoms with Crippen molar-refractivity contribution in [2.75, 3.05) is 0 Å². The first-order chi connectivity index (χ1) is 13.0. The standard InChI is InChI=1S/C25H40O2/c1-3-25(16-17-25)13-8-5-4-6-11-21-18-20(19-22(26)23(21)27)10-7-9-12-24(2)14-15-24/h18-19,26-27H,3-17H2,1-2H3. The Morgan fingerprint density at radius 3 is 2.15 bits per heavy atom. The Hall–Kier alpha value is -1.18. The largest absolute Gasteiger partial charge is 0.504 e. The van der Waals surface area contributed by atoms with Crippen molar-refractivity contribution in [3.63, 3.8) is 0 Å². The fraction of sp³-hybridized carbons (Fsp3) is 0.760. The van der Waals surface area contributed by atoms with Crippen molar-refractivity contribution in [3.05, 3.63) is 23.3 Å². The first-order valence-electron chi connectivity index (χ1n) is 11.5. The Labute approximate surface area is 166 Å². The molecule has 2 N–H and O–H groups in total. The van der Waals surface area contributed by atoms with Gasteiger partial charge in [-0.05, 0) is 92.2 Å². The summed E-state index contributed by atoms with van der Waals surface area (Å²) < 4.78 is 0. The molecule has 0 spiro atoms. The Morgan fingerprint density at radius 2 is 1.48 bits per heavy atom. The van der Waals surface area contributed by atoms with E-state index in [4.69, 9.17) is 0 Å². The second-order valence-electron chi connectivity index (χ2n) is 9.91. The highest BCUT2D eigenvalue weighted by molar-refractivity contribution is 5.47. The van der Waals surface area contributed by atoms with Gasteiger partial charge in [0.25, 0.3) is 0 Å². The zero-order valence-electron chi connectivity index (χ0n) is 17.7. The number of benzene rings is 1. The van der Waals surface area contributed by atoms with Crippen LogP contribution in [0.4, 0.5) is 0 Å². The van der Waals surface area contributed by atoms with Gasteiger partial charge in [-0.25, -0.2) is 0 Å². The van der Waals surface area contributed by atoms with E-state index >= 15 is 0 Å². The number of rotatable bonds is 13. The van der Waals surface area contributed by atoms with Crippen LogP contribution in [0.15, 0.2) is 12.1 Å². The smallest absolute Gasteiger partial charge is 0.160 e. The van der Waals surface area contributed by atoms with E-state index in [1.807, 2.05) is 0 Å². The maximum absolute atomic E-state index is 10.2. The van der Waals surface area contributed by atoms with Gasteiger partial charge in [0.05, 0.1) is 0 Å². The fourth-order valence-electron chi connectivity index (χ4n) is 4.55. The lowest BCUT2D eigenvalue weighted by atomic mass is 9.94. The maximum atomic E-state index is 10.2. The van der Waals surface area contributed by atoms with Crippen molar-refractivity contribution in [3.8, 4) is 11.5 Å². The first-order valence-corrected chi connectivity index (χ1v) is 11.5. The van der Waals surface area contributed by atoms with Crippen LogP contribution in [0.1, 0.15) is 108 Å². The number of aromatic hydroxyl groups is 2. The third kappa shape index (κ3) is 6.16. The highest BCUT2D eigenvalue weighted by atomic mass is 16.3. The minimum atomic E-state index is 0.0651. The molecule has 0 heterocycles. The van der Waals surface area contributed by atoms with E-state index in [0.29, 0.717) is 5.41 Å². The number of aryl methyl sites for hydroxylation is 2. The molecular formula is C25H40O2. The van der Waals surface area contributed by atoms with E-state index in [-0.39, 0.29) is 11.5 Å². The van der Waals surface area contributed by atoms with E-state index in [0.717, 1.165) is 30.2 Å². The monoisotopic (exact) mass is 372 g/mol. The minimum Gasteiger partial charge on any atom is -0.504 e. The second-order valence-corrected chi connectivity index (χ2v) is 9.91. The molecule has 2 aliphatic carbocycles. The van der Waals surface area contributed by atoms with Crippen molar-refractivity contribution in [2.24, 2.45) is 10.8 Å². The molecule has 2 fully saturated rings. The summed E-state index contributed by atoms with van der Waals surface area (Å²) in [4.78, 5) is 0. The van der Waals surface area contributed by atoms with Crippen molar-refractivity contribution in [1.29, 1.82) is 0 Å². The molecule has 1 aromatic rings. The van der Waals surface area contributed by atoms with Gasteiger partial charge in [-0.1, -0.05) is 52.0 Å². The quantitative estimate of drug-likeness (QED) is 0.282. The summed E-state index contributed by atoms with van der Waals surface area (Å²) >= 11 is 0. The molecule has 152 valence electrons. The fourth-order valence-corrected chi connectivity index (χ4v) is 4.55. The Balaban J connectivity index is 1.37. The highest BCUT2D eigenvalue weighted by Gasteiger charge is 2.39. The molecular weight excluding hydrogens is 332 g/mol. The highest BCUT2D eigenvalue weighted by Crippen LogP contribution is 2.52. The maximum Gasteiger partial charge on any atom is 0.160 e. The first kappa shape index (κ1) is 20.6. The Morgan fingerprint density at radius 1 is 0.815 bits per heavy atom. The third-order valence-electron chi connectivity index (χ3n) is 7.44. The van der Waals surface area contributed by atoms with Gasteiger partial charge in [-0.2, -0.15) is 0 Å². The number of phenols is 2. The summed E-state index contributed by atoms with van der Waals surface area (Å²) in [6.07, 6.45) is 19.1. The van der Waals surface area contributed by atoms with E-state index in [9.17, 15) is 10.2 Å². The topological polar surface area (TPSA) is 40.5 Å². The van der Waals surface area contributed by atoms with Gasteiger partial charge >= 0.3 is 0 Å². The third-order valence-corrected chi connectivity index (χ3v) is 7.44. The lowest BCUT2D eigenvalue weighted by molar-refractivity contribution is 0.397. The molecule has 27 heavy (non-hydrogen) atoms. The molecule has 0 aromatic heterocycles. The van der Waals surface area contributed by atoms with Crippen LogP contribution in [0.3, 0.4) is 0 Å². The zero-order valence-corrected chi connectivity index (χ0v) is 17.7. The molecule has 2 nitrogen and oxygen atoms in total. The molecule has 2 aliphatic rings. The van der Waals surface area contributed by atoms with Gasteiger partial charge in [0.2, 0.25) is 0 Å². The van der Waals surface area contributed by atoms with Crippen LogP contribution in [0.2, 0.25) is 0 Å². The van der Waals surface area contributed by atoms with Crippen molar-refractivity contribution < 1.29 is 10.2 Å². The molecule has 2 saturated carbocycles. The molecule has 1 aromatic carbocycles. The second kappa shape index (κ2) is 8.88. The molecule has 3 rings (SSSR count). The average Bonchev–Trinajstić information content (AvgIpc) is 3.57. The number of unbranched alkanes of at least 4 members (excludes halogenated alkanes) is 4. The molecule has 0 saturated heterocycles.